The van der Waals surface area contributed by atoms with Crippen molar-refractivity contribution in [1.82, 2.24) is 0 Å². The third-order valence-corrected chi connectivity index (χ3v) is 2.48. The molecule has 1 atom stereocenters. The van der Waals surface area contributed by atoms with Crippen LogP contribution < -0.4 is 0 Å². The molecule has 0 spiro atoms. The minimum Gasteiger partial charge on any atom is -0.381 e. The molecular weight excluding hydrogens is 172 g/mol. The van der Waals surface area contributed by atoms with Gasteiger partial charge in [-0.15, -0.1) is 0 Å². The number of hydrogen-bond acceptors (Lipinski definition) is 1. The molecular formula is C13H28O. The smallest absolute Gasteiger partial charge is 0.0491 e. The van der Waals surface area contributed by atoms with E-state index in [1.807, 2.05) is 0 Å². The Kier molecular flexibility index (Phi) is 9.49. The Hall–Kier alpha value is -0.0400. The van der Waals surface area contributed by atoms with Crippen LogP contribution in [-0.4, -0.2) is 13.2 Å². The minimum absolute atomic E-state index is 0.744. The first kappa shape index (κ1) is 14.0. The topological polar surface area (TPSA) is 9.23 Å². The first-order valence-corrected chi connectivity index (χ1v) is 6.24. The molecule has 86 valence electrons. The summed E-state index contributed by atoms with van der Waals surface area (Å²) in [6.07, 6.45) is 6.60. The van der Waals surface area contributed by atoms with Crippen molar-refractivity contribution in [2.45, 2.75) is 59.8 Å². The van der Waals surface area contributed by atoms with Crippen LogP contribution in [-0.2, 0) is 4.74 Å². The third kappa shape index (κ3) is 10.0. The lowest BCUT2D eigenvalue weighted by Crippen LogP contribution is -2.06. The number of hydrogen-bond donors (Lipinski definition) is 0. The molecule has 0 aliphatic rings. The second-order valence-corrected chi connectivity index (χ2v) is 4.86. The average molecular weight is 200 g/mol. The van der Waals surface area contributed by atoms with Crippen LogP contribution >= 0.6 is 0 Å². The Labute approximate surface area is 90.2 Å². The molecule has 1 nitrogen and oxygen atoms in total. The number of rotatable bonds is 9. The van der Waals surface area contributed by atoms with Crippen molar-refractivity contribution in [3.8, 4) is 0 Å². The second kappa shape index (κ2) is 9.51. The van der Waals surface area contributed by atoms with Crippen molar-refractivity contribution in [2.75, 3.05) is 13.2 Å². The van der Waals surface area contributed by atoms with Gasteiger partial charge in [-0.2, -0.15) is 0 Å². The molecule has 0 radical (unpaired) electrons. The predicted molar refractivity (Wildman–Crippen MR) is 63.6 cm³/mol. The van der Waals surface area contributed by atoms with Crippen LogP contribution in [0.1, 0.15) is 59.8 Å². The van der Waals surface area contributed by atoms with Gasteiger partial charge < -0.3 is 4.74 Å². The highest BCUT2D eigenvalue weighted by molar-refractivity contribution is 4.53. The fraction of sp³-hybridized carbons (Fsp3) is 1.00. The highest BCUT2D eigenvalue weighted by Crippen LogP contribution is 2.13. The molecule has 0 amide bonds. The van der Waals surface area contributed by atoms with Crippen molar-refractivity contribution in [2.24, 2.45) is 11.8 Å². The lowest BCUT2D eigenvalue weighted by molar-refractivity contribution is 0.101. The monoisotopic (exact) mass is 200 g/mol. The summed E-state index contributed by atoms with van der Waals surface area (Å²) in [6.45, 7) is 10.9. The van der Waals surface area contributed by atoms with Crippen molar-refractivity contribution in [3.05, 3.63) is 0 Å². The van der Waals surface area contributed by atoms with E-state index < -0.39 is 0 Å². The molecule has 0 aromatic rings. The molecule has 0 aromatic heterocycles. The highest BCUT2D eigenvalue weighted by Gasteiger charge is 2.02. The van der Waals surface area contributed by atoms with E-state index in [1.165, 1.54) is 25.7 Å². The van der Waals surface area contributed by atoms with E-state index in [4.69, 9.17) is 4.74 Å². The standard InChI is InChI=1S/C13H28O/c1-5-10-14-11-13(4)9-7-6-8-12(2)3/h12-13H,5-11H2,1-4H3. The van der Waals surface area contributed by atoms with Crippen molar-refractivity contribution in [1.29, 1.82) is 0 Å². The van der Waals surface area contributed by atoms with Crippen molar-refractivity contribution < 1.29 is 4.74 Å². The van der Waals surface area contributed by atoms with Crippen LogP contribution in [0.2, 0.25) is 0 Å². The van der Waals surface area contributed by atoms with E-state index >= 15 is 0 Å². The largest absolute Gasteiger partial charge is 0.381 e. The van der Waals surface area contributed by atoms with Crippen LogP contribution in [0.15, 0.2) is 0 Å². The molecule has 14 heavy (non-hydrogen) atoms. The SMILES string of the molecule is CCCOCC(C)CCCCC(C)C. The van der Waals surface area contributed by atoms with Crippen molar-refractivity contribution >= 4 is 0 Å². The molecule has 0 bridgehead atoms. The Balaban J connectivity index is 3.14. The fourth-order valence-corrected chi connectivity index (χ4v) is 1.56. The van der Waals surface area contributed by atoms with Gasteiger partial charge in [-0.1, -0.05) is 47.0 Å². The Bertz CT molecular complexity index is 110. The van der Waals surface area contributed by atoms with Gasteiger partial charge in [0.25, 0.3) is 0 Å². The summed E-state index contributed by atoms with van der Waals surface area (Å²) < 4.78 is 5.52. The average Bonchev–Trinajstić information content (AvgIpc) is 2.13. The van der Waals surface area contributed by atoms with E-state index in [1.54, 1.807) is 0 Å². The Morgan fingerprint density at radius 1 is 1.00 bits per heavy atom. The van der Waals surface area contributed by atoms with Gasteiger partial charge in [-0.25, -0.2) is 0 Å². The first-order valence-electron chi connectivity index (χ1n) is 6.24. The molecule has 1 unspecified atom stereocenters. The number of ether oxygens (including phenoxy) is 1. The molecule has 0 fully saturated rings. The van der Waals surface area contributed by atoms with Crippen LogP contribution in [0.3, 0.4) is 0 Å². The fourth-order valence-electron chi connectivity index (χ4n) is 1.56. The predicted octanol–water partition coefficient (Wildman–Crippen LogP) is 4.27. The lowest BCUT2D eigenvalue weighted by Gasteiger charge is -2.11. The molecule has 0 saturated heterocycles. The van der Waals surface area contributed by atoms with E-state index in [-0.39, 0.29) is 0 Å². The van der Waals surface area contributed by atoms with Gasteiger partial charge in [0.15, 0.2) is 0 Å². The van der Waals surface area contributed by atoms with Gasteiger partial charge in [-0.3, -0.25) is 0 Å². The van der Waals surface area contributed by atoms with E-state index in [2.05, 4.69) is 27.7 Å². The zero-order valence-electron chi connectivity index (χ0n) is 10.5. The van der Waals surface area contributed by atoms with Crippen LogP contribution in [0.5, 0.6) is 0 Å². The zero-order valence-corrected chi connectivity index (χ0v) is 10.5. The number of unbranched alkanes of at least 4 members (excludes halogenated alkanes) is 1. The summed E-state index contributed by atoms with van der Waals surface area (Å²) in [4.78, 5) is 0. The minimum atomic E-state index is 0.744. The Morgan fingerprint density at radius 2 is 1.64 bits per heavy atom. The molecule has 0 saturated carbocycles. The normalized spacial score (nSPS) is 13.5. The van der Waals surface area contributed by atoms with Gasteiger partial charge in [0.1, 0.15) is 0 Å². The maximum Gasteiger partial charge on any atom is 0.0491 e. The van der Waals surface area contributed by atoms with Gasteiger partial charge in [0, 0.05) is 13.2 Å². The first-order chi connectivity index (χ1) is 6.66. The summed E-state index contributed by atoms with van der Waals surface area (Å²) in [7, 11) is 0. The molecule has 0 N–H and O–H groups in total. The third-order valence-electron chi connectivity index (χ3n) is 2.48. The maximum atomic E-state index is 5.52. The molecule has 0 heterocycles. The quantitative estimate of drug-likeness (QED) is 0.505. The summed E-state index contributed by atoms with van der Waals surface area (Å²) in [6, 6.07) is 0. The summed E-state index contributed by atoms with van der Waals surface area (Å²) in [5.74, 6) is 1.61. The van der Waals surface area contributed by atoms with Crippen molar-refractivity contribution in [3.63, 3.8) is 0 Å². The van der Waals surface area contributed by atoms with Gasteiger partial charge in [-0.05, 0) is 24.7 Å². The second-order valence-electron chi connectivity index (χ2n) is 4.86. The lowest BCUT2D eigenvalue weighted by atomic mass is 10.0. The van der Waals surface area contributed by atoms with Crippen LogP contribution in [0, 0.1) is 11.8 Å². The van der Waals surface area contributed by atoms with Crippen LogP contribution in [0.25, 0.3) is 0 Å². The van der Waals surface area contributed by atoms with Crippen LogP contribution in [0.4, 0.5) is 0 Å². The van der Waals surface area contributed by atoms with E-state index in [9.17, 15) is 0 Å². The van der Waals surface area contributed by atoms with E-state index in [0.717, 1.165) is 31.5 Å². The summed E-state index contributed by atoms with van der Waals surface area (Å²) in [5, 5.41) is 0. The molecule has 0 rings (SSSR count). The molecule has 1 heteroatoms. The maximum absolute atomic E-state index is 5.52. The summed E-state index contributed by atoms with van der Waals surface area (Å²) >= 11 is 0. The molecule has 0 aliphatic heterocycles. The molecule has 0 aliphatic carbocycles. The van der Waals surface area contributed by atoms with Gasteiger partial charge in [0.2, 0.25) is 0 Å². The molecule has 0 aromatic carbocycles. The van der Waals surface area contributed by atoms with E-state index in [0.29, 0.717) is 0 Å². The Morgan fingerprint density at radius 3 is 2.21 bits per heavy atom. The highest BCUT2D eigenvalue weighted by atomic mass is 16.5. The zero-order chi connectivity index (χ0) is 10.8. The summed E-state index contributed by atoms with van der Waals surface area (Å²) in [5.41, 5.74) is 0. The van der Waals surface area contributed by atoms with Gasteiger partial charge >= 0.3 is 0 Å². The van der Waals surface area contributed by atoms with Gasteiger partial charge in [0.05, 0.1) is 0 Å².